The van der Waals surface area contributed by atoms with E-state index in [1.165, 1.54) is 6.07 Å². The van der Waals surface area contributed by atoms with E-state index in [9.17, 15) is 14.7 Å². The fourth-order valence-corrected chi connectivity index (χ4v) is 3.34. The summed E-state index contributed by atoms with van der Waals surface area (Å²) in [6, 6.07) is 10.3. The molecular formula is C21H25NO6. The number of furan rings is 1. The largest absolute Gasteiger partial charge is 0.475 e. The Balaban J connectivity index is 1.61. The summed E-state index contributed by atoms with van der Waals surface area (Å²) >= 11 is 0. The lowest BCUT2D eigenvalue weighted by Crippen LogP contribution is -2.36. The van der Waals surface area contributed by atoms with Crippen LogP contribution < -0.4 is 4.90 Å². The van der Waals surface area contributed by atoms with E-state index >= 15 is 0 Å². The van der Waals surface area contributed by atoms with E-state index < -0.39 is 12.1 Å². The van der Waals surface area contributed by atoms with Crippen molar-refractivity contribution in [2.75, 3.05) is 11.5 Å². The second-order valence-electron chi connectivity index (χ2n) is 7.32. The molecule has 7 heteroatoms. The lowest BCUT2D eigenvalue weighted by molar-refractivity contribution is -0.117. The van der Waals surface area contributed by atoms with Crippen molar-refractivity contribution in [3.8, 4) is 0 Å². The number of anilines is 1. The highest BCUT2D eigenvalue weighted by atomic mass is 16.5. The molecule has 2 aromatic rings. The molecule has 3 rings (SSSR count). The number of amides is 1. The van der Waals surface area contributed by atoms with Crippen molar-refractivity contribution in [2.24, 2.45) is 5.92 Å². The van der Waals surface area contributed by atoms with Crippen LogP contribution in [0.2, 0.25) is 0 Å². The zero-order valence-electron chi connectivity index (χ0n) is 16.0. The number of aromatic carboxylic acids is 1. The van der Waals surface area contributed by atoms with Gasteiger partial charge >= 0.3 is 5.97 Å². The smallest absolute Gasteiger partial charge is 0.371 e. The number of carboxylic acids is 1. The van der Waals surface area contributed by atoms with Crippen molar-refractivity contribution in [1.29, 1.82) is 0 Å². The van der Waals surface area contributed by atoms with Gasteiger partial charge in [-0.05, 0) is 42.2 Å². The standard InChI is InChI=1S/C21H25NO6/c1-13(2)20(24)14-3-5-15(6-4-14)22-16(7-10-19(22)23)11-27-12-17-8-9-18(28-17)21(25)26/h3-6,8-9,13,16,20,24H,7,10-12H2,1-2H3,(H,25,26)/t16-,20?/m0/s1. The Morgan fingerprint density at radius 3 is 2.57 bits per heavy atom. The van der Waals surface area contributed by atoms with Crippen molar-refractivity contribution >= 4 is 17.6 Å². The minimum absolute atomic E-state index is 0.0388. The van der Waals surface area contributed by atoms with Crippen LogP contribution in [0.4, 0.5) is 5.69 Å². The summed E-state index contributed by atoms with van der Waals surface area (Å²) in [6.45, 7) is 4.37. The third kappa shape index (κ3) is 4.43. The van der Waals surface area contributed by atoms with Gasteiger partial charge in [-0.25, -0.2) is 4.79 Å². The molecule has 2 N–H and O–H groups in total. The molecule has 7 nitrogen and oxygen atoms in total. The number of carboxylic acid groups (broad SMARTS) is 1. The van der Waals surface area contributed by atoms with Gasteiger partial charge in [-0.3, -0.25) is 4.79 Å². The fourth-order valence-electron chi connectivity index (χ4n) is 3.34. The minimum atomic E-state index is -1.12. The molecule has 0 radical (unpaired) electrons. The number of rotatable bonds is 8. The molecule has 1 unspecified atom stereocenters. The number of nitrogens with zero attached hydrogens (tertiary/aromatic N) is 1. The molecule has 150 valence electrons. The van der Waals surface area contributed by atoms with E-state index in [-0.39, 0.29) is 30.2 Å². The first-order valence-corrected chi connectivity index (χ1v) is 9.36. The maximum atomic E-state index is 12.4. The van der Waals surface area contributed by atoms with Gasteiger partial charge < -0.3 is 24.3 Å². The van der Waals surface area contributed by atoms with E-state index in [0.717, 1.165) is 11.3 Å². The number of ether oxygens (including phenoxy) is 1. The molecule has 0 spiro atoms. The van der Waals surface area contributed by atoms with Crippen molar-refractivity contribution in [3.63, 3.8) is 0 Å². The summed E-state index contributed by atoms with van der Waals surface area (Å²) in [4.78, 5) is 24.9. The van der Waals surface area contributed by atoms with Crippen molar-refractivity contribution in [2.45, 2.75) is 45.4 Å². The highest BCUT2D eigenvalue weighted by Crippen LogP contribution is 2.29. The zero-order chi connectivity index (χ0) is 20.3. The van der Waals surface area contributed by atoms with Gasteiger partial charge in [0.1, 0.15) is 12.4 Å². The maximum absolute atomic E-state index is 12.4. The normalized spacial score (nSPS) is 18.1. The highest BCUT2D eigenvalue weighted by molar-refractivity contribution is 5.96. The van der Waals surface area contributed by atoms with Crippen LogP contribution in [-0.4, -0.2) is 34.7 Å². The van der Waals surface area contributed by atoms with Crippen molar-refractivity contribution < 1.29 is 29.0 Å². The van der Waals surface area contributed by atoms with Crippen molar-refractivity contribution in [3.05, 3.63) is 53.5 Å². The minimum Gasteiger partial charge on any atom is -0.475 e. The van der Waals surface area contributed by atoms with Gasteiger partial charge in [-0.2, -0.15) is 0 Å². The van der Waals surface area contributed by atoms with Gasteiger partial charge in [-0.1, -0.05) is 26.0 Å². The molecule has 1 aromatic heterocycles. The van der Waals surface area contributed by atoms with Crippen LogP contribution in [0.15, 0.2) is 40.8 Å². The molecule has 1 aliphatic rings. The summed E-state index contributed by atoms with van der Waals surface area (Å²) in [5.41, 5.74) is 1.60. The molecule has 2 heterocycles. The SMILES string of the molecule is CC(C)C(O)c1ccc(N2C(=O)CC[C@H]2COCc2ccc(C(=O)O)o2)cc1. The van der Waals surface area contributed by atoms with Gasteiger partial charge in [0, 0.05) is 12.1 Å². The van der Waals surface area contributed by atoms with Gasteiger partial charge in [0.25, 0.3) is 0 Å². The average Bonchev–Trinajstić information content (AvgIpc) is 3.28. The molecule has 1 aromatic carbocycles. The molecule has 1 saturated heterocycles. The molecule has 0 aliphatic carbocycles. The van der Waals surface area contributed by atoms with Gasteiger partial charge in [0.15, 0.2) is 0 Å². The summed E-state index contributed by atoms with van der Waals surface area (Å²) in [5, 5.41) is 19.0. The molecule has 0 saturated carbocycles. The Bertz CT molecular complexity index is 826. The van der Waals surface area contributed by atoms with Crippen LogP contribution in [-0.2, 0) is 16.1 Å². The van der Waals surface area contributed by atoms with Gasteiger partial charge in [0.2, 0.25) is 11.7 Å². The number of hydrogen-bond donors (Lipinski definition) is 2. The van der Waals surface area contributed by atoms with E-state index in [0.29, 0.717) is 25.2 Å². The first-order chi connectivity index (χ1) is 13.4. The fraction of sp³-hybridized carbons (Fsp3) is 0.429. The number of carbonyl (C=O) groups excluding carboxylic acids is 1. The number of aliphatic hydroxyl groups excluding tert-OH is 1. The Kier molecular flexibility index (Phi) is 6.16. The molecular weight excluding hydrogens is 362 g/mol. The van der Waals surface area contributed by atoms with E-state index in [4.69, 9.17) is 14.3 Å². The van der Waals surface area contributed by atoms with Crippen LogP contribution in [0.1, 0.15) is 54.7 Å². The third-order valence-corrected chi connectivity index (χ3v) is 4.90. The Morgan fingerprint density at radius 1 is 1.25 bits per heavy atom. The predicted octanol–water partition coefficient (Wildman–Crippen LogP) is 3.38. The van der Waals surface area contributed by atoms with Gasteiger partial charge in [-0.15, -0.1) is 0 Å². The second-order valence-corrected chi connectivity index (χ2v) is 7.32. The molecule has 0 bridgehead atoms. The summed E-state index contributed by atoms with van der Waals surface area (Å²) in [6.07, 6.45) is 0.605. The predicted molar refractivity (Wildman–Crippen MR) is 102 cm³/mol. The molecule has 28 heavy (non-hydrogen) atoms. The van der Waals surface area contributed by atoms with E-state index in [1.54, 1.807) is 11.0 Å². The summed E-state index contributed by atoms with van der Waals surface area (Å²) < 4.78 is 10.8. The topological polar surface area (TPSA) is 100 Å². The molecule has 2 atom stereocenters. The Labute approximate surface area is 163 Å². The number of hydrogen-bond acceptors (Lipinski definition) is 5. The second kappa shape index (κ2) is 8.58. The average molecular weight is 387 g/mol. The van der Waals surface area contributed by atoms with Crippen LogP contribution >= 0.6 is 0 Å². The van der Waals surface area contributed by atoms with Crippen LogP contribution in [0, 0.1) is 5.92 Å². The highest BCUT2D eigenvalue weighted by Gasteiger charge is 2.32. The van der Waals surface area contributed by atoms with E-state index in [2.05, 4.69) is 0 Å². The molecule has 1 fully saturated rings. The quantitative estimate of drug-likeness (QED) is 0.720. The number of benzene rings is 1. The monoisotopic (exact) mass is 387 g/mol. The zero-order valence-corrected chi connectivity index (χ0v) is 16.0. The number of carbonyl (C=O) groups is 2. The summed E-state index contributed by atoms with van der Waals surface area (Å²) in [5.74, 6) is -0.661. The lowest BCUT2D eigenvalue weighted by Gasteiger charge is -2.25. The number of aliphatic hydroxyl groups is 1. The van der Waals surface area contributed by atoms with Gasteiger partial charge in [0.05, 0.1) is 18.8 Å². The van der Waals surface area contributed by atoms with Crippen LogP contribution in [0.5, 0.6) is 0 Å². The first kappa shape index (κ1) is 20.1. The lowest BCUT2D eigenvalue weighted by atomic mass is 9.99. The Hall–Kier alpha value is -2.64. The molecule has 1 aliphatic heterocycles. The van der Waals surface area contributed by atoms with Crippen LogP contribution in [0.25, 0.3) is 0 Å². The van der Waals surface area contributed by atoms with Crippen LogP contribution in [0.3, 0.4) is 0 Å². The third-order valence-electron chi connectivity index (χ3n) is 4.90. The Morgan fingerprint density at radius 2 is 1.96 bits per heavy atom. The maximum Gasteiger partial charge on any atom is 0.371 e. The summed E-state index contributed by atoms with van der Waals surface area (Å²) in [7, 11) is 0. The van der Waals surface area contributed by atoms with Crippen molar-refractivity contribution in [1.82, 2.24) is 0 Å². The molecule has 1 amide bonds. The first-order valence-electron chi connectivity index (χ1n) is 9.36. The van der Waals surface area contributed by atoms with E-state index in [1.807, 2.05) is 38.1 Å².